The molecule has 0 spiro atoms. The van der Waals surface area contributed by atoms with Crippen LogP contribution in [-0.2, 0) is 0 Å². The van der Waals surface area contributed by atoms with Crippen LogP contribution in [0.15, 0.2) is 24.3 Å². The standard InChI is InChI=1S/C15H25NO2/c1-4-7-13(16)14(17)10-11(2)12-8-5-6-9-15(12)18-3/h5-6,8-9,11,13-14,17H,4,7,10,16H2,1-3H3. The number of para-hydroxylation sites is 1. The van der Waals surface area contributed by atoms with E-state index in [-0.39, 0.29) is 12.0 Å². The Morgan fingerprint density at radius 3 is 2.61 bits per heavy atom. The molecule has 0 saturated carbocycles. The summed E-state index contributed by atoms with van der Waals surface area (Å²) in [6.07, 6.45) is 2.08. The third kappa shape index (κ3) is 4.00. The lowest BCUT2D eigenvalue weighted by molar-refractivity contribution is 0.124. The Balaban J connectivity index is 2.67. The molecule has 3 atom stereocenters. The number of nitrogens with two attached hydrogens (primary N) is 1. The maximum absolute atomic E-state index is 10.1. The zero-order valence-electron chi connectivity index (χ0n) is 11.6. The van der Waals surface area contributed by atoms with E-state index in [0.717, 1.165) is 24.2 Å². The molecule has 1 rings (SSSR count). The van der Waals surface area contributed by atoms with Crippen LogP contribution in [0.5, 0.6) is 5.75 Å². The quantitative estimate of drug-likeness (QED) is 0.783. The molecular formula is C15H25NO2. The molecule has 0 radical (unpaired) electrons. The van der Waals surface area contributed by atoms with E-state index in [9.17, 15) is 5.11 Å². The molecule has 0 bridgehead atoms. The molecular weight excluding hydrogens is 226 g/mol. The Morgan fingerprint density at radius 2 is 2.00 bits per heavy atom. The Hall–Kier alpha value is -1.06. The zero-order valence-corrected chi connectivity index (χ0v) is 11.6. The van der Waals surface area contributed by atoms with E-state index in [4.69, 9.17) is 10.5 Å². The van der Waals surface area contributed by atoms with E-state index < -0.39 is 6.10 Å². The molecule has 0 amide bonds. The van der Waals surface area contributed by atoms with Crippen LogP contribution in [-0.4, -0.2) is 24.4 Å². The van der Waals surface area contributed by atoms with Crippen LogP contribution in [0.2, 0.25) is 0 Å². The Bertz CT molecular complexity index is 354. The highest BCUT2D eigenvalue weighted by atomic mass is 16.5. The summed E-state index contributed by atoms with van der Waals surface area (Å²) >= 11 is 0. The van der Waals surface area contributed by atoms with Crippen LogP contribution in [0.3, 0.4) is 0 Å². The van der Waals surface area contributed by atoms with Gasteiger partial charge in [0.2, 0.25) is 0 Å². The van der Waals surface area contributed by atoms with Crippen molar-refractivity contribution in [1.29, 1.82) is 0 Å². The van der Waals surface area contributed by atoms with E-state index in [1.54, 1.807) is 7.11 Å². The van der Waals surface area contributed by atoms with Crippen molar-refractivity contribution in [2.45, 2.75) is 51.2 Å². The Kier molecular flexibility index (Phi) is 6.16. The molecule has 0 aliphatic rings. The van der Waals surface area contributed by atoms with Crippen molar-refractivity contribution in [3.05, 3.63) is 29.8 Å². The molecule has 3 N–H and O–H groups in total. The SMILES string of the molecule is CCCC(N)C(O)CC(C)c1ccccc1OC. The van der Waals surface area contributed by atoms with Crippen LogP contribution in [0.1, 0.15) is 44.6 Å². The minimum atomic E-state index is -0.454. The van der Waals surface area contributed by atoms with E-state index >= 15 is 0 Å². The zero-order chi connectivity index (χ0) is 13.5. The van der Waals surface area contributed by atoms with E-state index in [2.05, 4.69) is 13.8 Å². The number of ether oxygens (including phenoxy) is 1. The summed E-state index contributed by atoms with van der Waals surface area (Å²) in [6, 6.07) is 7.80. The monoisotopic (exact) mass is 251 g/mol. The Labute approximate surface area is 110 Å². The molecule has 0 saturated heterocycles. The molecule has 0 aliphatic carbocycles. The lowest BCUT2D eigenvalue weighted by Gasteiger charge is -2.23. The fourth-order valence-electron chi connectivity index (χ4n) is 2.26. The highest BCUT2D eigenvalue weighted by Crippen LogP contribution is 2.29. The molecule has 3 heteroatoms. The Morgan fingerprint density at radius 1 is 1.33 bits per heavy atom. The van der Waals surface area contributed by atoms with Gasteiger partial charge >= 0.3 is 0 Å². The van der Waals surface area contributed by atoms with Crippen molar-refractivity contribution >= 4 is 0 Å². The predicted molar refractivity (Wildman–Crippen MR) is 74.9 cm³/mol. The fourth-order valence-corrected chi connectivity index (χ4v) is 2.26. The summed E-state index contributed by atoms with van der Waals surface area (Å²) in [4.78, 5) is 0. The van der Waals surface area contributed by atoms with Crippen LogP contribution < -0.4 is 10.5 Å². The molecule has 102 valence electrons. The van der Waals surface area contributed by atoms with Gasteiger partial charge in [-0.05, 0) is 30.4 Å². The first kappa shape index (κ1) is 15.0. The summed E-state index contributed by atoms with van der Waals surface area (Å²) < 4.78 is 5.34. The lowest BCUT2D eigenvalue weighted by atomic mass is 9.91. The van der Waals surface area contributed by atoms with Gasteiger partial charge in [0, 0.05) is 6.04 Å². The number of aliphatic hydroxyl groups is 1. The van der Waals surface area contributed by atoms with Crippen molar-refractivity contribution in [1.82, 2.24) is 0 Å². The van der Waals surface area contributed by atoms with E-state index in [1.165, 1.54) is 0 Å². The summed E-state index contributed by atoms with van der Waals surface area (Å²) in [7, 11) is 1.67. The van der Waals surface area contributed by atoms with Gasteiger partial charge in [-0.15, -0.1) is 0 Å². The van der Waals surface area contributed by atoms with Gasteiger partial charge in [0.1, 0.15) is 5.75 Å². The molecule has 0 aliphatic heterocycles. The van der Waals surface area contributed by atoms with Crippen LogP contribution in [0.25, 0.3) is 0 Å². The van der Waals surface area contributed by atoms with Gasteiger partial charge in [-0.2, -0.15) is 0 Å². The second-order valence-electron chi connectivity index (χ2n) is 4.90. The average Bonchev–Trinajstić information content (AvgIpc) is 2.38. The van der Waals surface area contributed by atoms with Gasteiger partial charge in [-0.25, -0.2) is 0 Å². The van der Waals surface area contributed by atoms with E-state index in [0.29, 0.717) is 6.42 Å². The normalized spacial score (nSPS) is 16.1. The number of hydrogen-bond acceptors (Lipinski definition) is 3. The first-order valence-corrected chi connectivity index (χ1v) is 6.66. The third-order valence-corrected chi connectivity index (χ3v) is 3.38. The number of aliphatic hydroxyl groups excluding tert-OH is 1. The first-order valence-electron chi connectivity index (χ1n) is 6.66. The van der Waals surface area contributed by atoms with Crippen molar-refractivity contribution in [3.8, 4) is 5.75 Å². The minimum Gasteiger partial charge on any atom is -0.496 e. The second kappa shape index (κ2) is 7.39. The van der Waals surface area contributed by atoms with Gasteiger partial charge in [0.05, 0.1) is 13.2 Å². The fraction of sp³-hybridized carbons (Fsp3) is 0.600. The minimum absolute atomic E-state index is 0.132. The molecule has 1 aromatic rings. The maximum atomic E-state index is 10.1. The topological polar surface area (TPSA) is 55.5 Å². The molecule has 0 aromatic heterocycles. The maximum Gasteiger partial charge on any atom is 0.122 e. The average molecular weight is 251 g/mol. The molecule has 0 heterocycles. The molecule has 3 nitrogen and oxygen atoms in total. The molecule has 3 unspecified atom stereocenters. The summed E-state index contributed by atoms with van der Waals surface area (Å²) in [5.74, 6) is 1.11. The van der Waals surface area contributed by atoms with Gasteiger partial charge in [0.25, 0.3) is 0 Å². The predicted octanol–water partition coefficient (Wildman–Crippen LogP) is 2.68. The summed E-state index contributed by atoms with van der Waals surface area (Å²) in [5, 5.41) is 10.1. The van der Waals surface area contributed by atoms with Gasteiger partial charge < -0.3 is 15.6 Å². The number of hydrogen-bond donors (Lipinski definition) is 2. The van der Waals surface area contributed by atoms with Gasteiger partial charge in [0.15, 0.2) is 0 Å². The van der Waals surface area contributed by atoms with Gasteiger partial charge in [-0.1, -0.05) is 38.5 Å². The van der Waals surface area contributed by atoms with Crippen LogP contribution in [0.4, 0.5) is 0 Å². The number of rotatable bonds is 7. The smallest absolute Gasteiger partial charge is 0.122 e. The van der Waals surface area contributed by atoms with Crippen molar-refractivity contribution < 1.29 is 9.84 Å². The van der Waals surface area contributed by atoms with Crippen molar-refractivity contribution in [2.24, 2.45) is 5.73 Å². The van der Waals surface area contributed by atoms with Crippen molar-refractivity contribution in [3.63, 3.8) is 0 Å². The highest BCUT2D eigenvalue weighted by Gasteiger charge is 2.19. The largest absolute Gasteiger partial charge is 0.496 e. The van der Waals surface area contributed by atoms with Crippen molar-refractivity contribution in [2.75, 3.05) is 7.11 Å². The summed E-state index contributed by atoms with van der Waals surface area (Å²) in [5.41, 5.74) is 7.07. The van der Waals surface area contributed by atoms with Gasteiger partial charge in [-0.3, -0.25) is 0 Å². The highest BCUT2D eigenvalue weighted by molar-refractivity contribution is 5.35. The lowest BCUT2D eigenvalue weighted by Crippen LogP contribution is -2.35. The van der Waals surface area contributed by atoms with Crippen LogP contribution >= 0.6 is 0 Å². The third-order valence-electron chi connectivity index (χ3n) is 3.38. The number of benzene rings is 1. The second-order valence-corrected chi connectivity index (χ2v) is 4.90. The van der Waals surface area contributed by atoms with Crippen LogP contribution in [0, 0.1) is 0 Å². The number of methoxy groups -OCH3 is 1. The molecule has 1 aromatic carbocycles. The van der Waals surface area contributed by atoms with E-state index in [1.807, 2.05) is 24.3 Å². The molecule has 0 fully saturated rings. The molecule has 18 heavy (non-hydrogen) atoms. The summed E-state index contributed by atoms with van der Waals surface area (Å²) in [6.45, 7) is 4.18. The first-order chi connectivity index (χ1) is 8.60.